The van der Waals surface area contributed by atoms with Crippen LogP contribution in [0.4, 0.5) is 0 Å². The van der Waals surface area contributed by atoms with Crippen molar-refractivity contribution in [1.29, 1.82) is 0 Å². The van der Waals surface area contributed by atoms with E-state index in [2.05, 4.69) is 15.3 Å². The third kappa shape index (κ3) is 11.9. The van der Waals surface area contributed by atoms with E-state index in [1.165, 1.54) is 23.5 Å². The lowest BCUT2D eigenvalue weighted by atomic mass is 9.76. The van der Waals surface area contributed by atoms with Crippen LogP contribution >= 0.6 is 0 Å². The molecule has 314 valence electrons. The molecule has 0 radical (unpaired) electrons. The van der Waals surface area contributed by atoms with Gasteiger partial charge in [0.15, 0.2) is 17.3 Å². The molecule has 5 rings (SSSR count). The van der Waals surface area contributed by atoms with Gasteiger partial charge in [-0.15, -0.1) is 0 Å². The first kappa shape index (κ1) is 44.7. The molecule has 2 aliphatic rings. The Morgan fingerprint density at radius 1 is 0.847 bits per heavy atom. The minimum atomic E-state index is -1.18. The number of carboxylic acids is 1. The fourth-order valence-corrected chi connectivity index (χ4v) is 8.61. The van der Waals surface area contributed by atoms with Crippen LogP contribution in [-0.2, 0) is 48.2 Å². The van der Waals surface area contributed by atoms with Crippen LogP contribution in [0.5, 0.6) is 0 Å². The van der Waals surface area contributed by atoms with Crippen LogP contribution in [0.3, 0.4) is 0 Å². The van der Waals surface area contributed by atoms with Gasteiger partial charge in [-0.05, 0) is 53.7 Å². The SMILES string of the molecule is CCC[C@H](CC(=O)[C@@H]1Cc2ccccc2CN1C(=O)[C@@H](NC(=O)[C@@H](CC(=O)c1cnccn1)C1CCCCC1)C(C)(C)C)C(=O)C(=O)C[C@@H](Cc1ccccc1)C(=O)O. The summed E-state index contributed by atoms with van der Waals surface area (Å²) in [5, 5.41) is 13.0. The molecule has 0 saturated heterocycles. The number of nitrogens with one attached hydrogen (secondary N) is 1. The van der Waals surface area contributed by atoms with Crippen molar-refractivity contribution < 1.29 is 38.7 Å². The van der Waals surface area contributed by atoms with Gasteiger partial charge in [0.2, 0.25) is 17.6 Å². The first-order valence-corrected chi connectivity index (χ1v) is 21.0. The summed E-state index contributed by atoms with van der Waals surface area (Å²) in [7, 11) is 0. The van der Waals surface area contributed by atoms with Gasteiger partial charge in [0.1, 0.15) is 11.7 Å². The van der Waals surface area contributed by atoms with E-state index >= 15 is 0 Å². The second-order valence-corrected chi connectivity index (χ2v) is 17.4. The summed E-state index contributed by atoms with van der Waals surface area (Å²) in [4.78, 5) is 106. The number of fused-ring (bicyclic) bond motifs is 1. The van der Waals surface area contributed by atoms with Crippen LogP contribution in [-0.4, -0.2) is 73.0 Å². The highest BCUT2D eigenvalue weighted by atomic mass is 16.4. The summed E-state index contributed by atoms with van der Waals surface area (Å²) in [6.07, 6.45) is 8.92. The minimum absolute atomic E-state index is 0.0591. The smallest absolute Gasteiger partial charge is 0.307 e. The molecule has 1 aliphatic heterocycles. The monoisotopic (exact) mass is 806 g/mol. The topological polar surface area (TPSA) is 181 Å². The average molecular weight is 807 g/mol. The summed E-state index contributed by atoms with van der Waals surface area (Å²) >= 11 is 0. The van der Waals surface area contributed by atoms with E-state index in [1.54, 1.807) is 30.3 Å². The Balaban J connectivity index is 1.38. The van der Waals surface area contributed by atoms with Gasteiger partial charge in [-0.3, -0.25) is 38.5 Å². The quantitative estimate of drug-likeness (QED) is 0.0993. The fraction of sp³-hybridized carbons (Fsp3) is 0.511. The highest BCUT2D eigenvalue weighted by Gasteiger charge is 2.44. The highest BCUT2D eigenvalue weighted by Crippen LogP contribution is 2.35. The standard InChI is InChI=1S/C47H58N4O8/c1-5-14-33(42(55)41(54)26-35(46(58)59)23-30-15-8-6-9-16-30)25-40(53)38-24-32-19-12-13-20-34(32)29-51(38)45(57)43(47(2,3)4)50-44(56)36(31-17-10-7-11-18-31)27-39(52)37-28-48-21-22-49-37/h6,8-9,12-13,15-16,19-22,28,31,33,35-36,38,43H,5,7,10-11,14,17-18,23-27,29H2,1-4H3,(H,50,56)(H,58,59)/t33-,35-,36+,38+,43-/m1/s1. The molecule has 1 aliphatic carbocycles. The molecule has 12 nitrogen and oxygen atoms in total. The Labute approximate surface area is 347 Å². The molecule has 1 fully saturated rings. The molecular weight excluding hydrogens is 749 g/mol. The second kappa shape index (κ2) is 20.5. The fourth-order valence-electron chi connectivity index (χ4n) is 8.61. The molecule has 1 aromatic heterocycles. The normalized spacial score (nSPS) is 17.8. The van der Waals surface area contributed by atoms with Crippen LogP contribution in [0.1, 0.15) is 119 Å². The molecule has 0 spiro atoms. The van der Waals surface area contributed by atoms with E-state index in [1.807, 2.05) is 52.0 Å². The number of aromatic nitrogens is 2. The third-order valence-corrected chi connectivity index (χ3v) is 11.9. The summed E-state index contributed by atoms with van der Waals surface area (Å²) in [6.45, 7) is 7.46. The first-order valence-electron chi connectivity index (χ1n) is 21.0. The highest BCUT2D eigenvalue weighted by molar-refractivity contribution is 6.38. The lowest BCUT2D eigenvalue weighted by Crippen LogP contribution is -2.60. The largest absolute Gasteiger partial charge is 0.481 e. The van der Waals surface area contributed by atoms with Crippen LogP contribution in [0.25, 0.3) is 0 Å². The maximum atomic E-state index is 14.9. The number of aliphatic carboxylic acids is 1. The lowest BCUT2D eigenvalue weighted by molar-refractivity contribution is -0.148. The van der Waals surface area contributed by atoms with Gasteiger partial charge in [-0.1, -0.05) is 108 Å². The van der Waals surface area contributed by atoms with E-state index in [4.69, 9.17) is 0 Å². The molecule has 2 N–H and O–H groups in total. The summed E-state index contributed by atoms with van der Waals surface area (Å²) < 4.78 is 0. The molecular formula is C47H58N4O8. The molecule has 59 heavy (non-hydrogen) atoms. The molecule has 2 amide bonds. The third-order valence-electron chi connectivity index (χ3n) is 11.9. The number of hydrogen-bond acceptors (Lipinski definition) is 9. The Bertz CT molecular complexity index is 1970. The molecule has 1 saturated carbocycles. The van der Waals surface area contributed by atoms with Gasteiger partial charge >= 0.3 is 5.97 Å². The maximum absolute atomic E-state index is 14.9. The van der Waals surface area contributed by atoms with Gasteiger partial charge in [0, 0.05) is 56.5 Å². The molecule has 0 unspecified atom stereocenters. The van der Waals surface area contributed by atoms with Crippen molar-refractivity contribution in [2.24, 2.45) is 29.1 Å². The predicted molar refractivity (Wildman–Crippen MR) is 221 cm³/mol. The van der Waals surface area contributed by atoms with Crippen molar-refractivity contribution in [1.82, 2.24) is 20.2 Å². The van der Waals surface area contributed by atoms with Gasteiger partial charge in [0.25, 0.3) is 0 Å². The van der Waals surface area contributed by atoms with Gasteiger partial charge in [-0.25, -0.2) is 4.98 Å². The zero-order valence-corrected chi connectivity index (χ0v) is 34.7. The molecule has 0 bridgehead atoms. The summed E-state index contributed by atoms with van der Waals surface area (Å²) in [5.74, 6) is -7.20. The number of rotatable bonds is 19. The number of Topliss-reactive ketones (excluding diaryl/α,β-unsaturated/α-hetero) is 4. The number of amides is 2. The van der Waals surface area contributed by atoms with Crippen molar-refractivity contribution in [3.05, 3.63) is 95.6 Å². The van der Waals surface area contributed by atoms with E-state index < -0.39 is 71.0 Å². The number of carboxylic acid groups (broad SMARTS) is 1. The van der Waals surface area contributed by atoms with Crippen molar-refractivity contribution in [2.45, 2.75) is 123 Å². The molecule has 3 aromatic rings. The summed E-state index contributed by atoms with van der Waals surface area (Å²) in [5.41, 5.74) is 1.83. The second-order valence-electron chi connectivity index (χ2n) is 17.4. The Morgan fingerprint density at radius 2 is 1.53 bits per heavy atom. The van der Waals surface area contributed by atoms with Gasteiger partial charge in [-0.2, -0.15) is 0 Å². The molecule has 2 aromatic carbocycles. The Morgan fingerprint density at radius 3 is 2.15 bits per heavy atom. The Hall–Kier alpha value is -5.39. The van der Waals surface area contributed by atoms with Gasteiger partial charge < -0.3 is 15.3 Å². The molecule has 2 heterocycles. The number of carbonyl (C=O) groups is 7. The average Bonchev–Trinajstić information content (AvgIpc) is 3.23. The van der Waals surface area contributed by atoms with Crippen molar-refractivity contribution in [3.8, 4) is 0 Å². The molecule has 5 atom stereocenters. The number of benzene rings is 2. The molecule has 12 heteroatoms. The summed E-state index contributed by atoms with van der Waals surface area (Å²) in [6, 6.07) is 14.4. The van der Waals surface area contributed by atoms with Crippen LogP contribution in [0.2, 0.25) is 0 Å². The number of ketones is 4. The van der Waals surface area contributed by atoms with Crippen LogP contribution in [0, 0.1) is 29.1 Å². The maximum Gasteiger partial charge on any atom is 0.307 e. The predicted octanol–water partition coefficient (Wildman–Crippen LogP) is 6.58. The zero-order chi connectivity index (χ0) is 42.7. The number of nitrogens with zero attached hydrogens (tertiary/aromatic N) is 3. The van der Waals surface area contributed by atoms with E-state index in [0.29, 0.717) is 6.42 Å². The van der Waals surface area contributed by atoms with Crippen molar-refractivity contribution >= 4 is 40.9 Å². The van der Waals surface area contributed by atoms with Crippen molar-refractivity contribution in [2.75, 3.05) is 0 Å². The van der Waals surface area contributed by atoms with Crippen LogP contribution < -0.4 is 5.32 Å². The van der Waals surface area contributed by atoms with E-state index in [9.17, 15) is 38.7 Å². The zero-order valence-electron chi connectivity index (χ0n) is 34.7. The van der Waals surface area contributed by atoms with E-state index in [-0.39, 0.29) is 61.8 Å². The number of carbonyl (C=O) groups excluding carboxylic acids is 6. The van der Waals surface area contributed by atoms with E-state index in [0.717, 1.165) is 48.8 Å². The van der Waals surface area contributed by atoms with Crippen LogP contribution in [0.15, 0.2) is 73.2 Å². The lowest BCUT2D eigenvalue weighted by Gasteiger charge is -2.42. The number of hydrogen-bond donors (Lipinski definition) is 2. The first-order chi connectivity index (χ1) is 28.2. The Kier molecular flexibility index (Phi) is 15.6. The van der Waals surface area contributed by atoms with Crippen molar-refractivity contribution in [3.63, 3.8) is 0 Å². The van der Waals surface area contributed by atoms with Gasteiger partial charge in [0.05, 0.1) is 18.2 Å². The minimum Gasteiger partial charge on any atom is -0.481 e.